The summed E-state index contributed by atoms with van der Waals surface area (Å²) in [6.45, 7) is 0.657. The Balaban J connectivity index is 1.43. The lowest BCUT2D eigenvalue weighted by atomic mass is 9.86. The van der Waals surface area contributed by atoms with Crippen LogP contribution >= 0.6 is 0 Å². The van der Waals surface area contributed by atoms with Gasteiger partial charge in [0.15, 0.2) is 4.90 Å². The number of alkyl carbamates (subject to hydrolysis) is 1. The minimum absolute atomic E-state index is 0.201. The van der Waals surface area contributed by atoms with E-state index in [0.29, 0.717) is 19.4 Å². The zero-order chi connectivity index (χ0) is 22.3. The lowest BCUT2D eigenvalue weighted by Gasteiger charge is -2.28. The molecule has 0 aromatic heterocycles. The summed E-state index contributed by atoms with van der Waals surface area (Å²) in [5.41, 5.74) is 0.464. The van der Waals surface area contributed by atoms with Gasteiger partial charge < -0.3 is 10.1 Å². The standard InChI is InChI=1S/C21H25N3O6S/c25-21(30-15-17-6-2-1-3-7-17)22-14-16-10-12-18(13-11-16)23-31(28,29)20-9-5-4-8-19(20)24(26)27/h1-9,16,18,23H,10-15H2,(H,22,25). The number of carbonyl (C=O) groups excluding carboxylic acids is 1. The number of sulfonamides is 1. The van der Waals surface area contributed by atoms with E-state index in [2.05, 4.69) is 10.0 Å². The van der Waals surface area contributed by atoms with E-state index in [1.165, 1.54) is 24.3 Å². The topological polar surface area (TPSA) is 128 Å². The highest BCUT2D eigenvalue weighted by Crippen LogP contribution is 2.27. The van der Waals surface area contributed by atoms with E-state index in [1.54, 1.807) is 0 Å². The third-order valence-electron chi connectivity index (χ3n) is 5.27. The third kappa shape index (κ3) is 6.50. The van der Waals surface area contributed by atoms with Crippen LogP contribution in [0.3, 0.4) is 0 Å². The van der Waals surface area contributed by atoms with Gasteiger partial charge >= 0.3 is 6.09 Å². The Morgan fingerprint density at radius 1 is 1.03 bits per heavy atom. The predicted molar refractivity (Wildman–Crippen MR) is 114 cm³/mol. The Morgan fingerprint density at radius 2 is 1.68 bits per heavy atom. The molecule has 0 radical (unpaired) electrons. The maximum Gasteiger partial charge on any atom is 0.407 e. The van der Waals surface area contributed by atoms with E-state index in [1.807, 2.05) is 30.3 Å². The zero-order valence-electron chi connectivity index (χ0n) is 16.9. The van der Waals surface area contributed by atoms with Crippen LogP contribution in [-0.4, -0.2) is 32.0 Å². The molecule has 2 N–H and O–H groups in total. The van der Waals surface area contributed by atoms with Gasteiger partial charge in [-0.3, -0.25) is 10.1 Å². The quantitative estimate of drug-likeness (QED) is 0.472. The number of benzene rings is 2. The van der Waals surface area contributed by atoms with Crippen molar-refractivity contribution in [3.05, 3.63) is 70.3 Å². The number of nitro benzene ring substituents is 1. The fourth-order valence-electron chi connectivity index (χ4n) is 3.60. The lowest BCUT2D eigenvalue weighted by Crippen LogP contribution is -2.39. The average molecular weight is 448 g/mol. The number of nitro groups is 1. The van der Waals surface area contributed by atoms with E-state index >= 15 is 0 Å². The minimum Gasteiger partial charge on any atom is -0.445 e. The summed E-state index contributed by atoms with van der Waals surface area (Å²) in [5.74, 6) is 0.219. The van der Waals surface area contributed by atoms with Crippen molar-refractivity contribution >= 4 is 21.8 Å². The summed E-state index contributed by atoms with van der Waals surface area (Å²) in [5, 5.41) is 13.9. The smallest absolute Gasteiger partial charge is 0.407 e. The van der Waals surface area contributed by atoms with E-state index < -0.39 is 26.7 Å². The number of ether oxygens (including phenoxy) is 1. The summed E-state index contributed by atoms with van der Waals surface area (Å²) >= 11 is 0. The van der Waals surface area contributed by atoms with Gasteiger partial charge in [-0.25, -0.2) is 17.9 Å². The number of nitrogens with zero attached hydrogens (tertiary/aromatic N) is 1. The molecular weight excluding hydrogens is 422 g/mol. The molecule has 0 saturated heterocycles. The van der Waals surface area contributed by atoms with Gasteiger partial charge in [0.1, 0.15) is 6.61 Å². The molecule has 1 saturated carbocycles. The summed E-state index contributed by atoms with van der Waals surface area (Å²) in [6.07, 6.45) is 2.14. The normalized spacial score (nSPS) is 18.8. The maximum absolute atomic E-state index is 12.6. The van der Waals surface area contributed by atoms with Gasteiger partial charge in [-0.2, -0.15) is 0 Å². The molecule has 0 atom stereocenters. The van der Waals surface area contributed by atoms with Gasteiger partial charge in [0.2, 0.25) is 10.0 Å². The number of nitrogens with one attached hydrogen (secondary N) is 2. The van der Waals surface area contributed by atoms with E-state index in [-0.39, 0.29) is 23.5 Å². The van der Waals surface area contributed by atoms with Crippen LogP contribution in [0.2, 0.25) is 0 Å². The lowest BCUT2D eigenvalue weighted by molar-refractivity contribution is -0.387. The van der Waals surface area contributed by atoms with Crippen molar-refractivity contribution in [2.45, 2.75) is 43.2 Å². The maximum atomic E-state index is 12.6. The summed E-state index contributed by atoms with van der Waals surface area (Å²) < 4.78 is 33.0. The highest BCUT2D eigenvalue weighted by atomic mass is 32.2. The zero-order valence-corrected chi connectivity index (χ0v) is 17.7. The summed E-state index contributed by atoms with van der Waals surface area (Å²) in [7, 11) is -3.99. The van der Waals surface area contributed by atoms with Crippen LogP contribution in [-0.2, 0) is 21.4 Å². The van der Waals surface area contributed by atoms with Crippen molar-refractivity contribution < 1.29 is 22.9 Å². The van der Waals surface area contributed by atoms with Crippen LogP contribution < -0.4 is 10.0 Å². The summed E-state index contributed by atoms with van der Waals surface area (Å²) in [4.78, 5) is 22.0. The Bertz CT molecular complexity index is 1000. The molecule has 1 amide bonds. The largest absolute Gasteiger partial charge is 0.445 e. The van der Waals surface area contributed by atoms with Crippen molar-refractivity contribution in [2.75, 3.05) is 6.54 Å². The summed E-state index contributed by atoms with van der Waals surface area (Å²) in [6, 6.07) is 14.4. The van der Waals surface area contributed by atoms with Crippen LogP contribution in [0.5, 0.6) is 0 Å². The SMILES string of the molecule is O=C(NCC1CCC(NS(=O)(=O)c2ccccc2[N+](=O)[O-])CC1)OCc1ccccc1. The van der Waals surface area contributed by atoms with Gasteiger partial charge in [-0.1, -0.05) is 42.5 Å². The number of hydrogen-bond donors (Lipinski definition) is 2. The highest BCUT2D eigenvalue weighted by Gasteiger charge is 2.30. The molecule has 0 unspecified atom stereocenters. The van der Waals surface area contributed by atoms with E-state index in [0.717, 1.165) is 18.4 Å². The Hall–Kier alpha value is -2.98. The van der Waals surface area contributed by atoms with Crippen molar-refractivity contribution in [2.24, 2.45) is 5.92 Å². The first-order chi connectivity index (χ1) is 14.8. The number of carbonyl (C=O) groups is 1. The van der Waals surface area contributed by atoms with Crippen molar-refractivity contribution in [1.82, 2.24) is 10.0 Å². The third-order valence-corrected chi connectivity index (χ3v) is 6.84. The second-order valence-corrected chi connectivity index (χ2v) is 9.19. The van der Waals surface area contributed by atoms with E-state index in [4.69, 9.17) is 4.74 Å². The first-order valence-corrected chi connectivity index (χ1v) is 11.5. The Labute approximate surface area is 181 Å². The molecular formula is C21H25N3O6S. The fraction of sp³-hybridized carbons (Fsp3) is 0.381. The van der Waals surface area contributed by atoms with Gasteiger partial charge in [0.05, 0.1) is 4.92 Å². The highest BCUT2D eigenvalue weighted by molar-refractivity contribution is 7.89. The minimum atomic E-state index is -3.99. The molecule has 31 heavy (non-hydrogen) atoms. The van der Waals surface area contributed by atoms with Crippen LogP contribution in [0.1, 0.15) is 31.2 Å². The van der Waals surface area contributed by atoms with Gasteiger partial charge in [-0.15, -0.1) is 0 Å². The molecule has 9 nitrogen and oxygen atoms in total. The van der Waals surface area contributed by atoms with Crippen LogP contribution in [0.25, 0.3) is 0 Å². The number of amides is 1. The van der Waals surface area contributed by atoms with Gasteiger partial charge in [0, 0.05) is 18.7 Å². The molecule has 0 aliphatic heterocycles. The molecule has 2 aromatic rings. The monoisotopic (exact) mass is 447 g/mol. The van der Waals surface area contributed by atoms with Crippen LogP contribution in [0.15, 0.2) is 59.5 Å². The molecule has 1 aliphatic rings. The van der Waals surface area contributed by atoms with Crippen molar-refractivity contribution in [1.29, 1.82) is 0 Å². The van der Waals surface area contributed by atoms with Gasteiger partial charge in [-0.05, 0) is 43.2 Å². The van der Waals surface area contributed by atoms with Crippen LogP contribution in [0.4, 0.5) is 10.5 Å². The molecule has 2 aromatic carbocycles. The molecule has 166 valence electrons. The number of para-hydroxylation sites is 1. The van der Waals surface area contributed by atoms with Crippen molar-refractivity contribution in [3.8, 4) is 0 Å². The molecule has 1 aliphatic carbocycles. The predicted octanol–water partition coefficient (Wildman–Crippen LogP) is 3.36. The molecule has 1 fully saturated rings. The molecule has 3 rings (SSSR count). The fourth-order valence-corrected chi connectivity index (χ4v) is 5.08. The van der Waals surface area contributed by atoms with E-state index in [9.17, 15) is 23.3 Å². The number of hydrogen-bond acceptors (Lipinski definition) is 6. The molecule has 0 bridgehead atoms. The molecule has 0 heterocycles. The average Bonchev–Trinajstić information content (AvgIpc) is 2.77. The second kappa shape index (κ2) is 10.4. The first kappa shape index (κ1) is 22.7. The molecule has 0 spiro atoms. The number of rotatable bonds is 8. The van der Waals surface area contributed by atoms with Crippen molar-refractivity contribution in [3.63, 3.8) is 0 Å². The Morgan fingerprint density at radius 3 is 2.35 bits per heavy atom. The Kier molecular flexibility index (Phi) is 7.59. The first-order valence-electron chi connectivity index (χ1n) is 10.1. The van der Waals surface area contributed by atoms with Gasteiger partial charge in [0.25, 0.3) is 5.69 Å². The molecule has 10 heteroatoms. The second-order valence-electron chi connectivity index (χ2n) is 7.51. The van der Waals surface area contributed by atoms with Crippen LogP contribution in [0, 0.1) is 16.0 Å².